The van der Waals surface area contributed by atoms with Crippen LogP contribution in [0.15, 0.2) is 12.1 Å². The maximum absolute atomic E-state index is 5.94. The number of hydrogen-bond acceptors (Lipinski definition) is 2. The Bertz CT molecular complexity index is 355. The number of rotatable bonds is 7. The monoisotopic (exact) mass is 271 g/mol. The lowest BCUT2D eigenvalue weighted by Crippen LogP contribution is -2.24. The highest BCUT2D eigenvalue weighted by Gasteiger charge is 2.22. The van der Waals surface area contributed by atoms with Crippen LogP contribution in [-0.2, 0) is 6.42 Å². The van der Waals surface area contributed by atoms with Gasteiger partial charge in [-0.1, -0.05) is 25.4 Å². The molecule has 1 aromatic rings. The van der Waals surface area contributed by atoms with Crippen LogP contribution in [0.25, 0.3) is 0 Å². The van der Waals surface area contributed by atoms with Gasteiger partial charge in [-0.25, -0.2) is 0 Å². The van der Waals surface area contributed by atoms with Crippen LogP contribution in [0.4, 0.5) is 0 Å². The fourth-order valence-corrected chi connectivity index (χ4v) is 3.06. The van der Waals surface area contributed by atoms with E-state index in [9.17, 15) is 0 Å². The summed E-state index contributed by atoms with van der Waals surface area (Å²) in [6.45, 7) is 5.91. The zero-order chi connectivity index (χ0) is 12.3. The second-order valence-electron chi connectivity index (χ2n) is 5.85. The van der Waals surface area contributed by atoms with Crippen molar-refractivity contribution in [2.75, 3.05) is 6.54 Å². The Hall–Kier alpha value is -0.0500. The van der Waals surface area contributed by atoms with Gasteiger partial charge in [0, 0.05) is 10.9 Å². The van der Waals surface area contributed by atoms with Crippen molar-refractivity contribution < 1.29 is 0 Å². The molecule has 0 bridgehead atoms. The topological polar surface area (TPSA) is 12.0 Å². The van der Waals surface area contributed by atoms with E-state index in [4.69, 9.17) is 11.6 Å². The summed E-state index contributed by atoms with van der Waals surface area (Å²) >= 11 is 7.66. The van der Waals surface area contributed by atoms with Gasteiger partial charge in [-0.3, -0.25) is 0 Å². The third-order valence-electron chi connectivity index (χ3n) is 3.49. The van der Waals surface area contributed by atoms with E-state index in [2.05, 4.69) is 25.2 Å². The van der Waals surface area contributed by atoms with Gasteiger partial charge in [0.05, 0.1) is 4.34 Å². The number of nitrogens with one attached hydrogen (secondary N) is 1. The van der Waals surface area contributed by atoms with Crippen LogP contribution < -0.4 is 5.32 Å². The lowest BCUT2D eigenvalue weighted by Gasteiger charge is -2.24. The van der Waals surface area contributed by atoms with Crippen molar-refractivity contribution in [1.82, 2.24) is 5.32 Å². The smallest absolute Gasteiger partial charge is 0.0931 e. The normalized spacial score (nSPS) is 16.4. The van der Waals surface area contributed by atoms with Crippen LogP contribution in [0.2, 0.25) is 4.34 Å². The second-order valence-corrected chi connectivity index (χ2v) is 7.65. The van der Waals surface area contributed by atoms with Gasteiger partial charge < -0.3 is 5.32 Å². The second kappa shape index (κ2) is 5.73. The standard InChI is InChI=1S/C14H22ClNS/c1-14(2,9-10-16-11-3-4-11)8-7-12-5-6-13(15)17-12/h5-6,11,16H,3-4,7-10H2,1-2H3. The first kappa shape index (κ1) is 13.4. The number of thiophene rings is 1. The molecule has 17 heavy (non-hydrogen) atoms. The van der Waals surface area contributed by atoms with Crippen LogP contribution in [-0.4, -0.2) is 12.6 Å². The van der Waals surface area contributed by atoms with Gasteiger partial charge in [-0.05, 0) is 56.2 Å². The van der Waals surface area contributed by atoms with Crippen LogP contribution in [0, 0.1) is 5.41 Å². The number of aryl methyl sites for hydroxylation is 1. The molecule has 0 atom stereocenters. The van der Waals surface area contributed by atoms with E-state index in [1.54, 1.807) is 11.3 Å². The first-order valence-electron chi connectivity index (χ1n) is 6.53. The van der Waals surface area contributed by atoms with Gasteiger partial charge in [0.25, 0.3) is 0 Å². The average molecular weight is 272 g/mol. The highest BCUT2D eigenvalue weighted by molar-refractivity contribution is 7.16. The largest absolute Gasteiger partial charge is 0.314 e. The van der Waals surface area contributed by atoms with Crippen molar-refractivity contribution in [3.8, 4) is 0 Å². The minimum absolute atomic E-state index is 0.429. The Kier molecular flexibility index (Phi) is 4.51. The minimum atomic E-state index is 0.429. The molecule has 2 rings (SSSR count). The zero-order valence-corrected chi connectivity index (χ0v) is 12.3. The molecule has 1 aromatic heterocycles. The molecule has 0 aliphatic heterocycles. The van der Waals surface area contributed by atoms with E-state index < -0.39 is 0 Å². The molecule has 1 N–H and O–H groups in total. The molecule has 0 saturated heterocycles. The fourth-order valence-electron chi connectivity index (χ4n) is 1.97. The summed E-state index contributed by atoms with van der Waals surface area (Å²) in [4.78, 5) is 1.42. The van der Waals surface area contributed by atoms with E-state index in [1.165, 1.54) is 37.1 Å². The Morgan fingerprint density at radius 3 is 2.71 bits per heavy atom. The molecule has 1 fully saturated rings. The summed E-state index contributed by atoms with van der Waals surface area (Å²) in [6, 6.07) is 5.00. The van der Waals surface area contributed by atoms with Gasteiger partial charge >= 0.3 is 0 Å². The third-order valence-corrected chi connectivity index (χ3v) is 4.78. The number of hydrogen-bond donors (Lipinski definition) is 1. The molecule has 1 heterocycles. The Morgan fingerprint density at radius 2 is 2.12 bits per heavy atom. The Labute approximate surface area is 114 Å². The fraction of sp³-hybridized carbons (Fsp3) is 0.714. The maximum atomic E-state index is 5.94. The lowest BCUT2D eigenvalue weighted by atomic mass is 9.84. The van der Waals surface area contributed by atoms with E-state index in [0.717, 1.165) is 16.8 Å². The van der Waals surface area contributed by atoms with Crippen LogP contribution in [0.3, 0.4) is 0 Å². The van der Waals surface area contributed by atoms with Crippen LogP contribution in [0.1, 0.15) is 44.4 Å². The molecule has 0 radical (unpaired) electrons. The molecule has 0 spiro atoms. The predicted octanol–water partition coefficient (Wildman–Crippen LogP) is 4.50. The summed E-state index contributed by atoms with van der Waals surface area (Å²) in [6.07, 6.45) is 6.44. The molecule has 1 aliphatic rings. The van der Waals surface area contributed by atoms with Gasteiger partial charge in [-0.2, -0.15) is 0 Å². The first-order chi connectivity index (χ1) is 8.05. The average Bonchev–Trinajstić information content (AvgIpc) is 2.98. The summed E-state index contributed by atoms with van der Waals surface area (Å²) in [5, 5.41) is 3.60. The van der Waals surface area contributed by atoms with Crippen molar-refractivity contribution in [3.63, 3.8) is 0 Å². The van der Waals surface area contributed by atoms with Gasteiger partial charge in [0.15, 0.2) is 0 Å². The molecular formula is C14H22ClNS. The molecule has 0 unspecified atom stereocenters. The van der Waals surface area contributed by atoms with Crippen molar-refractivity contribution in [2.24, 2.45) is 5.41 Å². The summed E-state index contributed by atoms with van der Waals surface area (Å²) < 4.78 is 0.910. The van der Waals surface area contributed by atoms with Crippen molar-refractivity contribution in [1.29, 1.82) is 0 Å². The van der Waals surface area contributed by atoms with Crippen molar-refractivity contribution in [3.05, 3.63) is 21.3 Å². The quantitative estimate of drug-likeness (QED) is 0.770. The molecule has 0 aromatic carbocycles. The van der Waals surface area contributed by atoms with Gasteiger partial charge in [-0.15, -0.1) is 11.3 Å². The molecule has 0 amide bonds. The van der Waals surface area contributed by atoms with Gasteiger partial charge in [0.1, 0.15) is 0 Å². The summed E-state index contributed by atoms with van der Waals surface area (Å²) in [5.74, 6) is 0. The van der Waals surface area contributed by atoms with E-state index in [0.29, 0.717) is 5.41 Å². The van der Waals surface area contributed by atoms with Crippen LogP contribution >= 0.6 is 22.9 Å². The van der Waals surface area contributed by atoms with Crippen molar-refractivity contribution >= 4 is 22.9 Å². The SMILES string of the molecule is CC(C)(CCNC1CC1)CCc1ccc(Cl)s1. The van der Waals surface area contributed by atoms with Gasteiger partial charge in [0.2, 0.25) is 0 Å². The highest BCUT2D eigenvalue weighted by Crippen LogP contribution is 2.30. The molecular weight excluding hydrogens is 250 g/mol. The summed E-state index contributed by atoms with van der Waals surface area (Å²) in [5.41, 5.74) is 0.429. The summed E-state index contributed by atoms with van der Waals surface area (Å²) in [7, 11) is 0. The lowest BCUT2D eigenvalue weighted by molar-refractivity contribution is 0.302. The van der Waals surface area contributed by atoms with E-state index >= 15 is 0 Å². The van der Waals surface area contributed by atoms with Crippen molar-refractivity contribution in [2.45, 2.75) is 52.0 Å². The minimum Gasteiger partial charge on any atom is -0.314 e. The molecule has 3 heteroatoms. The first-order valence-corrected chi connectivity index (χ1v) is 7.72. The molecule has 1 saturated carbocycles. The number of halogens is 1. The van der Waals surface area contributed by atoms with E-state index in [1.807, 2.05) is 6.07 Å². The zero-order valence-electron chi connectivity index (χ0n) is 10.8. The molecule has 96 valence electrons. The van der Waals surface area contributed by atoms with Crippen LogP contribution in [0.5, 0.6) is 0 Å². The molecule has 1 aliphatic carbocycles. The third kappa shape index (κ3) is 4.99. The molecule has 1 nitrogen and oxygen atoms in total. The maximum Gasteiger partial charge on any atom is 0.0931 e. The predicted molar refractivity (Wildman–Crippen MR) is 77.1 cm³/mol. The highest BCUT2D eigenvalue weighted by atomic mass is 35.5. The Morgan fingerprint density at radius 1 is 1.35 bits per heavy atom. The Balaban J connectivity index is 1.68. The van der Waals surface area contributed by atoms with E-state index in [-0.39, 0.29) is 0 Å².